The van der Waals surface area contributed by atoms with Crippen molar-refractivity contribution in [3.8, 4) is 17.1 Å². The van der Waals surface area contributed by atoms with Crippen molar-refractivity contribution in [3.05, 3.63) is 89.7 Å². The van der Waals surface area contributed by atoms with E-state index >= 15 is 0 Å². The van der Waals surface area contributed by atoms with Crippen LogP contribution in [0.15, 0.2) is 72.8 Å². The Kier molecular flexibility index (Phi) is 7.52. The van der Waals surface area contributed by atoms with Crippen molar-refractivity contribution >= 4 is 17.5 Å². The van der Waals surface area contributed by atoms with E-state index in [1.807, 2.05) is 39.8 Å². The summed E-state index contributed by atoms with van der Waals surface area (Å²) in [7, 11) is 0. The van der Waals surface area contributed by atoms with E-state index in [2.05, 4.69) is 20.7 Å². The number of aryl methyl sites for hydroxylation is 1. The smallest absolute Gasteiger partial charge is 0.251 e. The van der Waals surface area contributed by atoms with Gasteiger partial charge in [0.25, 0.3) is 5.91 Å². The van der Waals surface area contributed by atoms with Crippen molar-refractivity contribution in [1.82, 2.24) is 25.5 Å². The molecule has 196 valence electrons. The van der Waals surface area contributed by atoms with E-state index < -0.39 is 23.4 Å². The number of carbonyl (C=O) groups is 2. The fourth-order valence-electron chi connectivity index (χ4n) is 3.95. The Balaban J connectivity index is 1.74. The van der Waals surface area contributed by atoms with Gasteiger partial charge in [-0.2, -0.15) is 4.80 Å². The van der Waals surface area contributed by atoms with Gasteiger partial charge in [-0.1, -0.05) is 24.3 Å². The molecule has 4 aromatic rings. The van der Waals surface area contributed by atoms with E-state index in [9.17, 15) is 19.1 Å². The summed E-state index contributed by atoms with van der Waals surface area (Å²) in [4.78, 5) is 30.1. The molecule has 0 aliphatic carbocycles. The first-order chi connectivity index (χ1) is 18.0. The van der Waals surface area contributed by atoms with E-state index in [4.69, 9.17) is 0 Å². The van der Waals surface area contributed by atoms with Crippen LogP contribution in [0.5, 0.6) is 5.75 Å². The lowest BCUT2D eigenvalue weighted by molar-refractivity contribution is -0.128. The number of nitrogens with zero attached hydrogens (tertiary/aromatic N) is 5. The van der Waals surface area contributed by atoms with E-state index in [0.717, 1.165) is 10.4 Å². The van der Waals surface area contributed by atoms with Crippen molar-refractivity contribution in [3.63, 3.8) is 0 Å². The van der Waals surface area contributed by atoms with Crippen LogP contribution in [0.4, 0.5) is 10.1 Å². The molecule has 38 heavy (non-hydrogen) atoms. The fourth-order valence-corrected chi connectivity index (χ4v) is 3.95. The molecule has 2 amide bonds. The zero-order chi connectivity index (χ0) is 27.4. The molecule has 0 radical (unpaired) electrons. The average molecular weight is 517 g/mol. The van der Waals surface area contributed by atoms with Gasteiger partial charge in [0.1, 0.15) is 24.2 Å². The summed E-state index contributed by atoms with van der Waals surface area (Å²) in [6.07, 6.45) is 0. The summed E-state index contributed by atoms with van der Waals surface area (Å²) >= 11 is 0. The lowest BCUT2D eigenvalue weighted by Gasteiger charge is -2.34. The minimum Gasteiger partial charge on any atom is -0.508 e. The fraction of sp³-hybridized carbons (Fsp3) is 0.250. The van der Waals surface area contributed by atoms with Crippen molar-refractivity contribution in [1.29, 1.82) is 0 Å². The molecule has 0 saturated carbocycles. The first-order valence-corrected chi connectivity index (χ1v) is 12.0. The highest BCUT2D eigenvalue weighted by Crippen LogP contribution is 2.30. The predicted molar refractivity (Wildman–Crippen MR) is 141 cm³/mol. The number of amides is 2. The van der Waals surface area contributed by atoms with Gasteiger partial charge in [-0.05, 0) is 92.6 Å². The second kappa shape index (κ2) is 10.8. The summed E-state index contributed by atoms with van der Waals surface area (Å²) in [5.74, 6) is -0.964. The Labute approximate surface area is 219 Å². The SMILES string of the molecule is Cc1cccc(N(C(=O)Cn2nnc(-c3ccc(F)cc3)n2)C(C(=O)NC(C)(C)C)c2ccc(O)cc2)c1. The third kappa shape index (κ3) is 6.39. The summed E-state index contributed by atoms with van der Waals surface area (Å²) in [6, 6.07) is 18.0. The van der Waals surface area contributed by atoms with Gasteiger partial charge >= 0.3 is 0 Å². The Morgan fingerprint density at radius 2 is 1.74 bits per heavy atom. The maximum Gasteiger partial charge on any atom is 0.251 e. The largest absolute Gasteiger partial charge is 0.508 e. The van der Waals surface area contributed by atoms with Gasteiger partial charge in [0, 0.05) is 16.8 Å². The van der Waals surface area contributed by atoms with Crippen LogP contribution >= 0.6 is 0 Å². The number of anilines is 1. The molecule has 9 nitrogen and oxygen atoms in total. The van der Waals surface area contributed by atoms with Crippen LogP contribution in [0.2, 0.25) is 0 Å². The molecular formula is C28H29FN6O3. The topological polar surface area (TPSA) is 113 Å². The highest BCUT2D eigenvalue weighted by Gasteiger charge is 2.35. The number of phenols is 1. The van der Waals surface area contributed by atoms with Gasteiger partial charge in [-0.3, -0.25) is 14.5 Å². The number of benzene rings is 3. The first kappa shape index (κ1) is 26.5. The second-order valence-corrected chi connectivity index (χ2v) is 9.99. The number of halogens is 1. The van der Waals surface area contributed by atoms with Crippen LogP contribution < -0.4 is 10.2 Å². The van der Waals surface area contributed by atoms with Gasteiger partial charge in [-0.15, -0.1) is 10.2 Å². The molecule has 1 aromatic heterocycles. The number of phenolic OH excluding ortho intramolecular Hbond substituents is 1. The molecule has 0 spiro atoms. The summed E-state index contributed by atoms with van der Waals surface area (Å²) in [6.45, 7) is 7.15. The highest BCUT2D eigenvalue weighted by atomic mass is 19.1. The second-order valence-electron chi connectivity index (χ2n) is 9.99. The lowest BCUT2D eigenvalue weighted by atomic mass is 10.00. The number of nitrogens with one attached hydrogen (secondary N) is 1. The third-order valence-corrected chi connectivity index (χ3v) is 5.59. The summed E-state index contributed by atoms with van der Waals surface area (Å²) in [5.41, 5.74) is 1.91. The number of hydrogen-bond donors (Lipinski definition) is 2. The summed E-state index contributed by atoms with van der Waals surface area (Å²) < 4.78 is 13.3. The zero-order valence-electron chi connectivity index (χ0n) is 21.6. The van der Waals surface area contributed by atoms with Crippen LogP contribution in [-0.2, 0) is 16.1 Å². The molecule has 3 aromatic carbocycles. The number of hydrogen-bond acceptors (Lipinski definition) is 6. The number of aromatic hydroxyl groups is 1. The Bertz CT molecular complexity index is 1430. The molecule has 0 aliphatic rings. The molecule has 1 unspecified atom stereocenters. The third-order valence-electron chi connectivity index (χ3n) is 5.59. The van der Waals surface area contributed by atoms with Crippen LogP contribution in [0, 0.1) is 12.7 Å². The van der Waals surface area contributed by atoms with E-state index in [-0.39, 0.29) is 23.9 Å². The van der Waals surface area contributed by atoms with Gasteiger partial charge in [-0.25, -0.2) is 4.39 Å². The average Bonchev–Trinajstić information content (AvgIpc) is 3.30. The van der Waals surface area contributed by atoms with Crippen LogP contribution in [0.25, 0.3) is 11.4 Å². The molecule has 1 heterocycles. The Morgan fingerprint density at radius 3 is 2.37 bits per heavy atom. The number of rotatable bonds is 7. The molecule has 4 rings (SSSR count). The van der Waals surface area contributed by atoms with Crippen LogP contribution in [0.3, 0.4) is 0 Å². The van der Waals surface area contributed by atoms with E-state index in [1.54, 1.807) is 24.3 Å². The van der Waals surface area contributed by atoms with Crippen molar-refractivity contribution < 1.29 is 19.1 Å². The van der Waals surface area contributed by atoms with Gasteiger partial charge in [0.05, 0.1) is 0 Å². The molecule has 1 atom stereocenters. The molecule has 10 heteroatoms. The monoisotopic (exact) mass is 516 g/mol. The van der Waals surface area contributed by atoms with E-state index in [0.29, 0.717) is 16.8 Å². The standard InChI is InChI=1S/C28H29FN6O3/c1-18-6-5-7-22(16-18)35(25(27(38)30-28(2,3)4)19-10-14-23(36)15-11-19)24(37)17-34-32-26(31-33-34)20-8-12-21(29)13-9-20/h5-16,25,36H,17H2,1-4H3,(H,30,38). The lowest BCUT2D eigenvalue weighted by Crippen LogP contribution is -2.50. The zero-order valence-corrected chi connectivity index (χ0v) is 21.6. The molecular weight excluding hydrogens is 487 g/mol. The van der Waals surface area contributed by atoms with Gasteiger partial charge < -0.3 is 10.4 Å². The molecule has 2 N–H and O–H groups in total. The maximum atomic E-state index is 13.9. The molecule has 0 bridgehead atoms. The van der Waals surface area contributed by atoms with Gasteiger partial charge in [0.2, 0.25) is 11.7 Å². The minimum absolute atomic E-state index is 0.0392. The Morgan fingerprint density at radius 1 is 1.05 bits per heavy atom. The van der Waals surface area contributed by atoms with Crippen LogP contribution in [0.1, 0.15) is 37.9 Å². The van der Waals surface area contributed by atoms with Crippen molar-refractivity contribution in [2.24, 2.45) is 0 Å². The molecule has 0 fully saturated rings. The minimum atomic E-state index is -1.05. The van der Waals surface area contributed by atoms with E-state index in [1.165, 1.54) is 41.3 Å². The molecule has 0 saturated heterocycles. The highest BCUT2D eigenvalue weighted by molar-refractivity contribution is 6.01. The maximum absolute atomic E-state index is 13.9. The quantitative estimate of drug-likeness (QED) is 0.381. The van der Waals surface area contributed by atoms with Crippen LogP contribution in [-0.4, -0.2) is 42.7 Å². The molecule has 0 aliphatic heterocycles. The summed E-state index contributed by atoms with van der Waals surface area (Å²) in [5, 5.41) is 25.1. The number of tetrazole rings is 1. The van der Waals surface area contributed by atoms with Crippen molar-refractivity contribution in [2.45, 2.75) is 45.8 Å². The number of aromatic nitrogens is 4. The first-order valence-electron chi connectivity index (χ1n) is 12.0. The van der Waals surface area contributed by atoms with Gasteiger partial charge in [0.15, 0.2) is 0 Å². The predicted octanol–water partition coefficient (Wildman–Crippen LogP) is 4.18. The Hall–Kier alpha value is -4.60. The normalized spacial score (nSPS) is 12.1. The number of carbonyl (C=O) groups excluding carboxylic acids is 2. The van der Waals surface area contributed by atoms with Crippen molar-refractivity contribution in [2.75, 3.05) is 4.90 Å².